The molecule has 0 bridgehead atoms. The molecule has 110 valence electrons. The van der Waals surface area contributed by atoms with Gasteiger partial charge in [0.1, 0.15) is 16.6 Å². The van der Waals surface area contributed by atoms with Crippen LogP contribution in [0.3, 0.4) is 0 Å². The van der Waals surface area contributed by atoms with Crippen molar-refractivity contribution in [2.24, 2.45) is 0 Å². The molecule has 0 aliphatic heterocycles. The molecule has 7 heteroatoms. The van der Waals surface area contributed by atoms with Gasteiger partial charge in [0.15, 0.2) is 16.7 Å². The Morgan fingerprint density at radius 1 is 1.33 bits per heavy atom. The van der Waals surface area contributed by atoms with E-state index in [2.05, 4.69) is 15.8 Å². The molecule has 0 amide bonds. The number of ether oxygens (including phenoxy) is 2. The number of methoxy groups -OCH3 is 2. The van der Waals surface area contributed by atoms with Crippen LogP contribution in [0.2, 0.25) is 5.15 Å². The molecule has 0 radical (unpaired) electrons. The molecular formula is C14H14ClN3O2S. The highest BCUT2D eigenvalue weighted by Gasteiger charge is 2.16. The highest BCUT2D eigenvalue weighted by atomic mass is 35.5. The molecule has 1 aromatic heterocycles. The Bertz CT molecular complexity index is 681. The van der Waals surface area contributed by atoms with Gasteiger partial charge < -0.3 is 14.8 Å². The third-order valence-corrected chi connectivity index (χ3v) is 4.17. The van der Waals surface area contributed by atoms with E-state index in [4.69, 9.17) is 26.3 Å². The second-order valence-electron chi connectivity index (χ2n) is 4.27. The van der Waals surface area contributed by atoms with E-state index in [0.29, 0.717) is 22.1 Å². The highest BCUT2D eigenvalue weighted by Crippen LogP contribution is 2.33. The van der Waals surface area contributed by atoms with Crippen LogP contribution in [0.4, 0.5) is 5.00 Å². The minimum atomic E-state index is -0.0339. The Morgan fingerprint density at radius 2 is 2.05 bits per heavy atom. The molecule has 0 spiro atoms. The van der Waals surface area contributed by atoms with Crippen molar-refractivity contribution in [3.05, 3.63) is 34.5 Å². The van der Waals surface area contributed by atoms with Crippen LogP contribution in [0.15, 0.2) is 18.2 Å². The highest BCUT2D eigenvalue weighted by molar-refractivity contribution is 7.10. The fourth-order valence-electron chi connectivity index (χ4n) is 1.87. The number of rotatable bonds is 5. The van der Waals surface area contributed by atoms with Crippen LogP contribution >= 0.6 is 23.1 Å². The molecule has 21 heavy (non-hydrogen) atoms. The number of nitrogens with zero attached hydrogens (tertiary/aromatic N) is 2. The second-order valence-corrected chi connectivity index (χ2v) is 5.40. The van der Waals surface area contributed by atoms with Crippen molar-refractivity contribution >= 4 is 28.1 Å². The summed E-state index contributed by atoms with van der Waals surface area (Å²) in [6, 6.07) is 7.69. The first kappa shape index (κ1) is 15.4. The summed E-state index contributed by atoms with van der Waals surface area (Å²) < 4.78 is 14.5. The van der Waals surface area contributed by atoms with Crippen LogP contribution in [-0.4, -0.2) is 18.6 Å². The number of nitrogens with one attached hydrogen (secondary N) is 1. The molecule has 0 aliphatic carbocycles. The van der Waals surface area contributed by atoms with E-state index in [1.54, 1.807) is 14.2 Å². The first-order valence-corrected chi connectivity index (χ1v) is 7.29. The second kappa shape index (κ2) is 6.66. The van der Waals surface area contributed by atoms with Gasteiger partial charge in [0.05, 0.1) is 14.2 Å². The van der Waals surface area contributed by atoms with Gasteiger partial charge in [0.2, 0.25) is 0 Å². The summed E-state index contributed by atoms with van der Waals surface area (Å²) in [6.45, 7) is 1.98. The summed E-state index contributed by atoms with van der Waals surface area (Å²) in [5, 5.41) is 13.2. The van der Waals surface area contributed by atoms with Crippen molar-refractivity contribution in [3.8, 4) is 17.6 Å². The third-order valence-electron chi connectivity index (χ3n) is 3.02. The lowest BCUT2D eigenvalue weighted by atomic mass is 10.1. The minimum absolute atomic E-state index is 0.0339. The average molecular weight is 324 g/mol. The van der Waals surface area contributed by atoms with Gasteiger partial charge in [-0.3, -0.25) is 0 Å². The SMILES string of the molecule is COc1ccc([C@@H](C)Nc2snc(Cl)c2C#N)cc1OC. The molecule has 1 N–H and O–H groups in total. The van der Waals surface area contributed by atoms with Crippen LogP contribution < -0.4 is 14.8 Å². The summed E-state index contributed by atoms with van der Waals surface area (Å²) in [7, 11) is 3.19. The number of benzene rings is 1. The molecule has 0 aliphatic rings. The monoisotopic (exact) mass is 323 g/mol. The topological polar surface area (TPSA) is 67.2 Å². The normalized spacial score (nSPS) is 11.6. The summed E-state index contributed by atoms with van der Waals surface area (Å²) in [6.07, 6.45) is 0. The van der Waals surface area contributed by atoms with Crippen molar-refractivity contribution < 1.29 is 9.47 Å². The molecular weight excluding hydrogens is 310 g/mol. The lowest BCUT2D eigenvalue weighted by Gasteiger charge is -2.16. The zero-order chi connectivity index (χ0) is 15.4. The van der Waals surface area contributed by atoms with Gasteiger partial charge in [-0.2, -0.15) is 9.64 Å². The van der Waals surface area contributed by atoms with Crippen LogP contribution in [0.5, 0.6) is 11.5 Å². The first-order valence-electron chi connectivity index (χ1n) is 6.14. The molecule has 2 aromatic rings. The molecule has 0 fully saturated rings. The molecule has 0 saturated carbocycles. The van der Waals surface area contributed by atoms with Crippen molar-refractivity contribution in [3.63, 3.8) is 0 Å². The predicted octanol–water partition coefficient (Wildman–Crippen LogP) is 3.86. The maximum atomic E-state index is 9.08. The predicted molar refractivity (Wildman–Crippen MR) is 83.4 cm³/mol. The Hall–Kier alpha value is -1.97. The van der Waals surface area contributed by atoms with Gasteiger partial charge in [0, 0.05) is 6.04 Å². The van der Waals surface area contributed by atoms with Gasteiger partial charge in [-0.15, -0.1) is 0 Å². The van der Waals surface area contributed by atoms with Crippen LogP contribution in [-0.2, 0) is 0 Å². The minimum Gasteiger partial charge on any atom is -0.493 e. The summed E-state index contributed by atoms with van der Waals surface area (Å²) in [5.41, 5.74) is 1.37. The lowest BCUT2D eigenvalue weighted by Crippen LogP contribution is -2.07. The zero-order valence-electron chi connectivity index (χ0n) is 11.8. The number of nitriles is 1. The number of hydrogen-bond donors (Lipinski definition) is 1. The maximum Gasteiger partial charge on any atom is 0.162 e. The number of hydrogen-bond acceptors (Lipinski definition) is 6. The molecule has 1 heterocycles. The van der Waals surface area contributed by atoms with Gasteiger partial charge >= 0.3 is 0 Å². The summed E-state index contributed by atoms with van der Waals surface area (Å²) >= 11 is 7.03. The zero-order valence-corrected chi connectivity index (χ0v) is 13.4. The van der Waals surface area contributed by atoms with Crippen LogP contribution in [0, 0.1) is 11.3 Å². The number of halogens is 1. The van der Waals surface area contributed by atoms with Gasteiger partial charge in [-0.1, -0.05) is 17.7 Å². The van der Waals surface area contributed by atoms with E-state index in [1.807, 2.05) is 25.1 Å². The van der Waals surface area contributed by atoms with Gasteiger partial charge in [0.25, 0.3) is 0 Å². The van der Waals surface area contributed by atoms with Crippen molar-refractivity contribution in [2.75, 3.05) is 19.5 Å². The average Bonchev–Trinajstić information content (AvgIpc) is 2.86. The Morgan fingerprint density at radius 3 is 2.67 bits per heavy atom. The fraction of sp³-hybridized carbons (Fsp3) is 0.286. The number of anilines is 1. The first-order chi connectivity index (χ1) is 10.1. The molecule has 2 rings (SSSR count). The molecule has 1 atom stereocenters. The van der Waals surface area contributed by atoms with Crippen LogP contribution in [0.1, 0.15) is 24.1 Å². The standard InChI is InChI=1S/C14H14ClN3O2S/c1-8(17-14-10(7-16)13(15)18-21-14)9-4-5-11(19-2)12(6-9)20-3/h4-6,8,17H,1-3H3/t8-/m1/s1. The van der Waals surface area contributed by atoms with E-state index in [-0.39, 0.29) is 11.2 Å². The van der Waals surface area contributed by atoms with Crippen molar-refractivity contribution in [2.45, 2.75) is 13.0 Å². The molecule has 1 aromatic carbocycles. The largest absolute Gasteiger partial charge is 0.493 e. The van der Waals surface area contributed by atoms with Crippen molar-refractivity contribution in [1.29, 1.82) is 5.26 Å². The van der Waals surface area contributed by atoms with Crippen LogP contribution in [0.25, 0.3) is 0 Å². The molecule has 0 unspecified atom stereocenters. The molecule has 5 nitrogen and oxygen atoms in total. The maximum absolute atomic E-state index is 9.08. The lowest BCUT2D eigenvalue weighted by molar-refractivity contribution is 0.354. The van der Waals surface area contributed by atoms with Gasteiger partial charge in [-0.25, -0.2) is 0 Å². The smallest absolute Gasteiger partial charge is 0.162 e. The van der Waals surface area contributed by atoms with E-state index < -0.39 is 0 Å². The van der Waals surface area contributed by atoms with E-state index in [9.17, 15) is 0 Å². The summed E-state index contributed by atoms with van der Waals surface area (Å²) in [4.78, 5) is 0. The fourth-order valence-corrected chi connectivity index (χ4v) is 2.89. The van der Waals surface area contributed by atoms with Gasteiger partial charge in [-0.05, 0) is 36.2 Å². The Balaban J connectivity index is 2.24. The molecule has 0 saturated heterocycles. The number of aromatic nitrogens is 1. The Kier molecular flexibility index (Phi) is 4.89. The quantitative estimate of drug-likeness (QED) is 0.905. The van der Waals surface area contributed by atoms with E-state index in [1.165, 1.54) is 11.5 Å². The van der Waals surface area contributed by atoms with E-state index >= 15 is 0 Å². The van der Waals surface area contributed by atoms with Crippen molar-refractivity contribution in [1.82, 2.24) is 4.37 Å². The Labute approximate surface area is 132 Å². The third kappa shape index (κ3) is 3.20. The summed E-state index contributed by atoms with van der Waals surface area (Å²) in [5.74, 6) is 1.33. The van der Waals surface area contributed by atoms with E-state index in [0.717, 1.165) is 5.56 Å².